The average molecular weight is 253 g/mol. The molecule has 3 rings (SSSR count). The fourth-order valence-corrected chi connectivity index (χ4v) is 1.87. The van der Waals surface area contributed by atoms with E-state index < -0.39 is 0 Å². The molecule has 0 aliphatic carbocycles. The number of aromatic nitrogens is 3. The lowest BCUT2D eigenvalue weighted by molar-refractivity contribution is 0.415. The largest absolute Gasteiger partial charge is 0.497 e. The van der Waals surface area contributed by atoms with Crippen LogP contribution in [-0.4, -0.2) is 22.1 Å². The number of benzene rings is 1. The van der Waals surface area contributed by atoms with Gasteiger partial charge in [-0.3, -0.25) is 4.79 Å². The number of rotatable bonds is 2. The van der Waals surface area contributed by atoms with Gasteiger partial charge in [-0.15, -0.1) is 0 Å². The van der Waals surface area contributed by atoms with Crippen LogP contribution in [0, 0.1) is 0 Å². The molecule has 2 heterocycles. The van der Waals surface area contributed by atoms with E-state index in [0.29, 0.717) is 16.9 Å². The highest BCUT2D eigenvalue weighted by atomic mass is 16.5. The Morgan fingerprint density at radius 3 is 2.68 bits per heavy atom. The molecule has 2 aromatic heterocycles. The second kappa shape index (κ2) is 4.53. The van der Waals surface area contributed by atoms with Crippen molar-refractivity contribution in [1.82, 2.24) is 15.0 Å². The van der Waals surface area contributed by atoms with Crippen LogP contribution in [0.5, 0.6) is 5.75 Å². The SMILES string of the molecule is COc1ccc(-c2nc3cccnc3[nH]c2=O)cc1. The van der Waals surface area contributed by atoms with Crippen LogP contribution in [0.1, 0.15) is 0 Å². The van der Waals surface area contributed by atoms with Gasteiger partial charge in [0.25, 0.3) is 5.56 Å². The Hall–Kier alpha value is -2.69. The van der Waals surface area contributed by atoms with Crippen LogP contribution in [-0.2, 0) is 0 Å². The van der Waals surface area contributed by atoms with Gasteiger partial charge < -0.3 is 9.72 Å². The summed E-state index contributed by atoms with van der Waals surface area (Å²) < 4.78 is 5.09. The third-order valence-electron chi connectivity index (χ3n) is 2.83. The molecule has 5 heteroatoms. The minimum absolute atomic E-state index is 0.253. The molecular weight excluding hydrogens is 242 g/mol. The van der Waals surface area contributed by atoms with Crippen LogP contribution in [0.3, 0.4) is 0 Å². The maximum atomic E-state index is 12.0. The summed E-state index contributed by atoms with van der Waals surface area (Å²) in [4.78, 5) is 23.1. The smallest absolute Gasteiger partial charge is 0.276 e. The zero-order chi connectivity index (χ0) is 13.2. The highest BCUT2D eigenvalue weighted by molar-refractivity contribution is 5.73. The number of ether oxygens (including phenoxy) is 1. The molecule has 0 aliphatic rings. The van der Waals surface area contributed by atoms with E-state index in [1.54, 1.807) is 43.6 Å². The Morgan fingerprint density at radius 2 is 1.95 bits per heavy atom. The van der Waals surface area contributed by atoms with E-state index >= 15 is 0 Å². The highest BCUT2D eigenvalue weighted by Gasteiger charge is 2.07. The van der Waals surface area contributed by atoms with Crippen molar-refractivity contribution >= 4 is 11.2 Å². The number of fused-ring (bicyclic) bond motifs is 1. The Kier molecular flexibility index (Phi) is 2.72. The lowest BCUT2D eigenvalue weighted by Gasteiger charge is -2.03. The van der Waals surface area contributed by atoms with Crippen LogP contribution in [0.4, 0.5) is 0 Å². The second-order valence-corrected chi connectivity index (χ2v) is 4.01. The number of hydrogen-bond acceptors (Lipinski definition) is 4. The van der Waals surface area contributed by atoms with Crippen molar-refractivity contribution in [3.63, 3.8) is 0 Å². The first-order chi connectivity index (χ1) is 9.28. The van der Waals surface area contributed by atoms with Gasteiger partial charge in [-0.05, 0) is 36.4 Å². The van der Waals surface area contributed by atoms with Crippen LogP contribution >= 0.6 is 0 Å². The van der Waals surface area contributed by atoms with Gasteiger partial charge in [-0.1, -0.05) is 0 Å². The van der Waals surface area contributed by atoms with Gasteiger partial charge >= 0.3 is 0 Å². The number of nitrogens with one attached hydrogen (secondary N) is 1. The maximum Gasteiger partial charge on any atom is 0.276 e. The van der Waals surface area contributed by atoms with Crippen molar-refractivity contribution in [1.29, 1.82) is 0 Å². The summed E-state index contributed by atoms with van der Waals surface area (Å²) in [7, 11) is 1.60. The lowest BCUT2D eigenvalue weighted by Crippen LogP contribution is -2.12. The normalized spacial score (nSPS) is 10.6. The van der Waals surface area contributed by atoms with Gasteiger partial charge in [-0.25, -0.2) is 9.97 Å². The summed E-state index contributed by atoms with van der Waals surface area (Å²) in [5.74, 6) is 0.739. The molecule has 19 heavy (non-hydrogen) atoms. The summed E-state index contributed by atoms with van der Waals surface area (Å²) in [6, 6.07) is 10.8. The molecule has 94 valence electrons. The zero-order valence-electron chi connectivity index (χ0n) is 10.3. The third-order valence-corrected chi connectivity index (χ3v) is 2.83. The van der Waals surface area contributed by atoms with Crippen LogP contribution < -0.4 is 10.3 Å². The van der Waals surface area contributed by atoms with Gasteiger partial charge in [0.1, 0.15) is 17.0 Å². The predicted molar refractivity (Wildman–Crippen MR) is 72.1 cm³/mol. The molecule has 0 fully saturated rings. The summed E-state index contributed by atoms with van der Waals surface area (Å²) in [6.07, 6.45) is 1.62. The minimum atomic E-state index is -0.253. The molecular formula is C14H11N3O2. The van der Waals surface area contributed by atoms with E-state index in [9.17, 15) is 4.79 Å². The second-order valence-electron chi connectivity index (χ2n) is 4.01. The molecule has 0 aliphatic heterocycles. The third kappa shape index (κ3) is 2.06. The van der Waals surface area contributed by atoms with E-state index in [-0.39, 0.29) is 5.56 Å². The van der Waals surface area contributed by atoms with Gasteiger partial charge in [0.2, 0.25) is 0 Å². The Morgan fingerprint density at radius 1 is 1.16 bits per heavy atom. The van der Waals surface area contributed by atoms with Gasteiger partial charge in [0, 0.05) is 11.8 Å². The van der Waals surface area contributed by atoms with Gasteiger partial charge in [0.15, 0.2) is 5.65 Å². The van der Waals surface area contributed by atoms with Crippen molar-refractivity contribution in [3.8, 4) is 17.0 Å². The Labute approximate surface area is 108 Å². The first-order valence-electron chi connectivity index (χ1n) is 5.77. The van der Waals surface area contributed by atoms with Crippen LogP contribution in [0.2, 0.25) is 0 Å². The van der Waals surface area contributed by atoms with E-state index in [2.05, 4.69) is 15.0 Å². The molecule has 0 unspecified atom stereocenters. The number of aromatic amines is 1. The Balaban J connectivity index is 2.18. The number of H-pyrrole nitrogens is 1. The van der Waals surface area contributed by atoms with Crippen LogP contribution in [0.15, 0.2) is 47.4 Å². The minimum Gasteiger partial charge on any atom is -0.497 e. The lowest BCUT2D eigenvalue weighted by atomic mass is 10.1. The molecule has 0 amide bonds. The molecule has 0 saturated carbocycles. The molecule has 1 aromatic carbocycles. The molecule has 0 bridgehead atoms. The standard InChI is InChI=1S/C14H11N3O2/c1-19-10-6-4-9(5-7-10)12-14(18)17-13-11(16-12)3-2-8-15-13/h2-8H,1H3,(H,15,17,18). The number of nitrogens with zero attached hydrogens (tertiary/aromatic N) is 2. The highest BCUT2D eigenvalue weighted by Crippen LogP contribution is 2.18. The van der Waals surface area contributed by atoms with E-state index in [1.807, 2.05) is 6.07 Å². The van der Waals surface area contributed by atoms with E-state index in [4.69, 9.17) is 4.74 Å². The fourth-order valence-electron chi connectivity index (χ4n) is 1.87. The summed E-state index contributed by atoms with van der Waals surface area (Å²) in [5.41, 5.74) is 2.02. The number of methoxy groups -OCH3 is 1. The summed E-state index contributed by atoms with van der Waals surface area (Å²) in [5, 5.41) is 0. The monoisotopic (exact) mass is 253 g/mol. The molecule has 0 spiro atoms. The molecule has 5 nitrogen and oxygen atoms in total. The quantitative estimate of drug-likeness (QED) is 0.758. The fraction of sp³-hybridized carbons (Fsp3) is 0.0714. The molecule has 1 N–H and O–H groups in total. The van der Waals surface area contributed by atoms with Crippen molar-refractivity contribution in [2.75, 3.05) is 7.11 Å². The Bertz CT molecular complexity index is 779. The van der Waals surface area contributed by atoms with Crippen LogP contribution in [0.25, 0.3) is 22.4 Å². The summed E-state index contributed by atoms with van der Waals surface area (Å²) >= 11 is 0. The van der Waals surface area contributed by atoms with Gasteiger partial charge in [-0.2, -0.15) is 0 Å². The van der Waals surface area contributed by atoms with Crippen molar-refractivity contribution in [2.45, 2.75) is 0 Å². The number of hydrogen-bond donors (Lipinski definition) is 1. The number of pyridine rings is 1. The average Bonchev–Trinajstić information content (AvgIpc) is 2.47. The molecule has 0 saturated heterocycles. The first kappa shape index (κ1) is 11.4. The topological polar surface area (TPSA) is 67.9 Å². The predicted octanol–water partition coefficient (Wildman–Crippen LogP) is 1.99. The van der Waals surface area contributed by atoms with E-state index in [1.165, 1.54) is 0 Å². The van der Waals surface area contributed by atoms with Gasteiger partial charge in [0.05, 0.1) is 7.11 Å². The van der Waals surface area contributed by atoms with Crippen molar-refractivity contribution < 1.29 is 4.74 Å². The maximum absolute atomic E-state index is 12.0. The molecule has 0 radical (unpaired) electrons. The molecule has 3 aromatic rings. The van der Waals surface area contributed by atoms with Crippen molar-refractivity contribution in [3.05, 3.63) is 52.9 Å². The first-order valence-corrected chi connectivity index (χ1v) is 5.77. The van der Waals surface area contributed by atoms with E-state index in [0.717, 1.165) is 11.3 Å². The molecule has 0 atom stereocenters. The summed E-state index contributed by atoms with van der Waals surface area (Å²) in [6.45, 7) is 0. The van der Waals surface area contributed by atoms with Crippen molar-refractivity contribution in [2.24, 2.45) is 0 Å². The zero-order valence-corrected chi connectivity index (χ0v) is 10.3.